The molecule has 2 saturated heterocycles. The number of carbonyl (C=O) groups is 5. The van der Waals surface area contributed by atoms with E-state index in [1.807, 2.05) is 0 Å². The molecule has 2 heterocycles. The zero-order chi connectivity index (χ0) is 27.6. The van der Waals surface area contributed by atoms with Crippen LogP contribution >= 0.6 is 0 Å². The zero-order valence-electron chi connectivity index (χ0n) is 19.6. The predicted octanol–water partition coefficient (Wildman–Crippen LogP) is 1.06. The fourth-order valence-corrected chi connectivity index (χ4v) is 4.10. The number of nitrogens with zero attached hydrogens (tertiary/aromatic N) is 2. The lowest BCUT2D eigenvalue weighted by molar-refractivity contribution is -0.192. The van der Waals surface area contributed by atoms with Crippen LogP contribution in [0.25, 0.3) is 0 Å². The van der Waals surface area contributed by atoms with Gasteiger partial charge in [-0.15, -0.1) is 0 Å². The molecule has 0 saturated carbocycles. The van der Waals surface area contributed by atoms with Crippen molar-refractivity contribution in [3.05, 3.63) is 30.1 Å². The molecule has 2 aliphatic heterocycles. The summed E-state index contributed by atoms with van der Waals surface area (Å²) in [6.07, 6.45) is -5.08. The summed E-state index contributed by atoms with van der Waals surface area (Å²) in [4.78, 5) is 61.3. The number of methoxy groups -OCH3 is 1. The smallest absolute Gasteiger partial charge is 0.475 e. The lowest BCUT2D eigenvalue weighted by atomic mass is 9.81. The van der Waals surface area contributed by atoms with Gasteiger partial charge in [0.25, 0.3) is 0 Å². The number of carboxylic acids is 1. The number of rotatable bonds is 4. The molecular weight excluding hydrogens is 496 g/mol. The number of fused-ring (bicyclic) bond motifs is 1. The Morgan fingerprint density at radius 3 is 2.19 bits per heavy atom. The van der Waals surface area contributed by atoms with Gasteiger partial charge in [0.15, 0.2) is 0 Å². The number of ether oxygens (including phenoxy) is 1. The predicted molar refractivity (Wildman–Crippen MR) is 114 cm³/mol. The number of amides is 4. The molecule has 4 atom stereocenters. The van der Waals surface area contributed by atoms with E-state index in [2.05, 4.69) is 10.6 Å². The van der Waals surface area contributed by atoms with Crippen LogP contribution in [0.5, 0.6) is 0 Å². The number of halogens is 4. The number of hydrogen-bond acceptors (Lipinski definition) is 7. The third kappa shape index (κ3) is 5.72. The van der Waals surface area contributed by atoms with E-state index in [0.29, 0.717) is 5.69 Å². The number of hydrogen-bond donors (Lipinski definition) is 3. The molecule has 0 radical (unpaired) electrons. The number of nitrogens with one attached hydrogen (secondary N) is 2. The topological polar surface area (TPSA) is 145 Å². The van der Waals surface area contributed by atoms with Crippen molar-refractivity contribution >= 4 is 35.5 Å². The average Bonchev–Trinajstić information content (AvgIpc) is 3.22. The maximum Gasteiger partial charge on any atom is 0.490 e. The van der Waals surface area contributed by atoms with E-state index in [4.69, 9.17) is 14.6 Å². The molecule has 3 N–H and O–H groups in total. The molecule has 0 spiro atoms. The fourth-order valence-electron chi connectivity index (χ4n) is 4.10. The number of likely N-dealkylation sites (N-methyl/N-ethyl adjacent to an activating group) is 1. The lowest BCUT2D eigenvalue weighted by Crippen LogP contribution is -2.56. The van der Waals surface area contributed by atoms with Crippen LogP contribution in [0.4, 0.5) is 28.0 Å². The van der Waals surface area contributed by atoms with E-state index in [1.165, 1.54) is 57.3 Å². The molecule has 0 unspecified atom stereocenters. The van der Waals surface area contributed by atoms with Crippen molar-refractivity contribution in [1.29, 1.82) is 0 Å². The Morgan fingerprint density at radius 1 is 1.19 bits per heavy atom. The highest BCUT2D eigenvalue weighted by atomic mass is 19.4. The van der Waals surface area contributed by atoms with Gasteiger partial charge in [-0.2, -0.15) is 13.2 Å². The van der Waals surface area contributed by atoms with Crippen molar-refractivity contribution in [3.8, 4) is 0 Å². The molecular formula is C21H24F4N4O7. The highest BCUT2D eigenvalue weighted by Gasteiger charge is 2.66. The number of urea groups is 1. The average molecular weight is 520 g/mol. The van der Waals surface area contributed by atoms with Crippen molar-refractivity contribution in [3.63, 3.8) is 0 Å². The molecule has 0 aliphatic carbocycles. The summed E-state index contributed by atoms with van der Waals surface area (Å²) in [5, 5.41) is 12.8. The third-order valence-corrected chi connectivity index (χ3v) is 5.88. The Bertz CT molecular complexity index is 1050. The maximum absolute atomic E-state index is 13.0. The Kier molecular flexibility index (Phi) is 8.29. The number of benzene rings is 1. The van der Waals surface area contributed by atoms with Crippen molar-refractivity contribution in [2.24, 2.45) is 11.8 Å². The van der Waals surface area contributed by atoms with Gasteiger partial charge in [-0.3, -0.25) is 24.6 Å². The number of imide groups is 1. The maximum atomic E-state index is 13.0. The minimum Gasteiger partial charge on any atom is -0.475 e. The van der Waals surface area contributed by atoms with Gasteiger partial charge >= 0.3 is 24.1 Å². The molecule has 1 aromatic carbocycles. The normalized spacial score (nSPS) is 25.0. The lowest BCUT2D eigenvalue weighted by Gasteiger charge is -2.29. The largest absolute Gasteiger partial charge is 0.490 e. The first-order valence-electron chi connectivity index (χ1n) is 10.3. The number of alkyl halides is 3. The van der Waals surface area contributed by atoms with Gasteiger partial charge in [0.1, 0.15) is 11.4 Å². The van der Waals surface area contributed by atoms with E-state index >= 15 is 0 Å². The van der Waals surface area contributed by atoms with Gasteiger partial charge in [-0.25, -0.2) is 14.0 Å². The van der Waals surface area contributed by atoms with Crippen molar-refractivity contribution in [2.75, 3.05) is 33.1 Å². The Morgan fingerprint density at radius 2 is 1.72 bits per heavy atom. The van der Waals surface area contributed by atoms with Crippen LogP contribution in [-0.4, -0.2) is 90.2 Å². The molecule has 0 bridgehead atoms. The summed E-state index contributed by atoms with van der Waals surface area (Å²) in [7, 11) is 4.11. The van der Waals surface area contributed by atoms with E-state index < -0.39 is 65.2 Å². The van der Waals surface area contributed by atoms with Crippen LogP contribution < -0.4 is 10.6 Å². The zero-order valence-corrected chi connectivity index (χ0v) is 19.6. The second-order valence-corrected chi connectivity index (χ2v) is 8.30. The Balaban J connectivity index is 0.000000572. The number of anilines is 1. The SMILES string of the molecule is COC(=O)[C@]1(C)N[C@H](CN(C)C(=O)Nc2ccc(F)cc2)[C@@H]2C(=O)N(C)C(=O)[C@@H]21.O=C(O)C(F)(F)F. The number of likely N-dealkylation sites (tertiary alicyclic amines) is 1. The molecule has 0 aromatic heterocycles. The standard InChI is InChI=1S/C19H23FN4O5.C2HF3O2/c1-19(17(27)29-4)14-13(15(25)24(3)16(14)26)12(22-19)9-23(2)18(28)21-11-7-5-10(20)6-8-11;3-2(4,5)1(6)7/h5-8,12-14,22H,9H2,1-4H3,(H,21,28);(H,6,7)/t12-,13+,14-,19-;/m1./s1. The molecule has 2 fully saturated rings. The molecule has 1 aromatic rings. The van der Waals surface area contributed by atoms with Crippen molar-refractivity contribution in [2.45, 2.75) is 24.7 Å². The summed E-state index contributed by atoms with van der Waals surface area (Å²) in [6, 6.07) is 4.18. The van der Waals surface area contributed by atoms with Gasteiger partial charge in [-0.1, -0.05) is 0 Å². The van der Waals surface area contributed by atoms with Gasteiger partial charge < -0.3 is 20.1 Å². The van der Waals surface area contributed by atoms with Crippen LogP contribution in [0.2, 0.25) is 0 Å². The number of esters is 1. The highest BCUT2D eigenvalue weighted by molar-refractivity contribution is 6.09. The summed E-state index contributed by atoms with van der Waals surface area (Å²) in [5.74, 6) is -6.40. The van der Waals surface area contributed by atoms with E-state index in [9.17, 15) is 36.7 Å². The molecule has 3 rings (SSSR count). The van der Waals surface area contributed by atoms with Gasteiger partial charge in [0.05, 0.1) is 18.9 Å². The van der Waals surface area contributed by atoms with Crippen LogP contribution in [0.15, 0.2) is 24.3 Å². The summed E-state index contributed by atoms with van der Waals surface area (Å²) in [6.45, 7) is 1.59. The van der Waals surface area contributed by atoms with Gasteiger partial charge in [0, 0.05) is 32.4 Å². The first kappa shape index (κ1) is 28.5. The summed E-state index contributed by atoms with van der Waals surface area (Å²) < 4.78 is 49.6. The monoisotopic (exact) mass is 520 g/mol. The summed E-state index contributed by atoms with van der Waals surface area (Å²) >= 11 is 0. The quantitative estimate of drug-likeness (QED) is 0.304. The molecule has 2 aliphatic rings. The number of carbonyl (C=O) groups excluding carboxylic acids is 4. The molecule has 36 heavy (non-hydrogen) atoms. The first-order chi connectivity index (χ1) is 16.5. The second kappa shape index (κ2) is 10.5. The van der Waals surface area contributed by atoms with Gasteiger partial charge in [0.2, 0.25) is 11.8 Å². The van der Waals surface area contributed by atoms with Crippen LogP contribution in [0.1, 0.15) is 6.92 Å². The summed E-state index contributed by atoms with van der Waals surface area (Å²) in [5.41, 5.74) is -0.970. The highest BCUT2D eigenvalue weighted by Crippen LogP contribution is 2.43. The second-order valence-electron chi connectivity index (χ2n) is 8.30. The van der Waals surface area contributed by atoms with Crippen LogP contribution in [0.3, 0.4) is 0 Å². The first-order valence-corrected chi connectivity index (χ1v) is 10.3. The number of aliphatic carboxylic acids is 1. The van der Waals surface area contributed by atoms with Crippen molar-refractivity contribution < 1.29 is 51.4 Å². The minimum absolute atomic E-state index is 0.0631. The molecule has 11 nitrogen and oxygen atoms in total. The van der Waals surface area contributed by atoms with E-state index in [-0.39, 0.29) is 6.54 Å². The molecule has 4 amide bonds. The fraction of sp³-hybridized carbons (Fsp3) is 0.476. The molecule has 198 valence electrons. The number of carboxylic acid groups (broad SMARTS) is 1. The Labute approximate surface area is 202 Å². The third-order valence-electron chi connectivity index (χ3n) is 5.88. The Hall–Kier alpha value is -3.75. The van der Waals surface area contributed by atoms with Gasteiger partial charge in [-0.05, 0) is 31.2 Å². The van der Waals surface area contributed by atoms with Crippen molar-refractivity contribution in [1.82, 2.24) is 15.1 Å². The minimum atomic E-state index is -5.08. The molecule has 15 heteroatoms. The van der Waals surface area contributed by atoms with Crippen LogP contribution in [-0.2, 0) is 23.9 Å². The van der Waals surface area contributed by atoms with E-state index in [1.54, 1.807) is 0 Å². The van der Waals surface area contributed by atoms with E-state index in [0.717, 1.165) is 4.90 Å². The van der Waals surface area contributed by atoms with Crippen LogP contribution in [0, 0.1) is 17.7 Å².